The van der Waals surface area contributed by atoms with Gasteiger partial charge >= 0.3 is 0 Å². The third-order valence-electron chi connectivity index (χ3n) is 4.22. The molecule has 0 bridgehead atoms. The average molecular weight is 381 g/mol. The molecule has 3 rings (SSSR count). The number of aryl methyl sites for hydroxylation is 1. The van der Waals surface area contributed by atoms with Gasteiger partial charge in [0.25, 0.3) is 11.5 Å². The molecular formula is C20H23N5O3. The van der Waals surface area contributed by atoms with E-state index in [0.29, 0.717) is 43.1 Å². The Bertz CT molecular complexity index is 1090. The second kappa shape index (κ2) is 8.62. The van der Waals surface area contributed by atoms with Crippen molar-refractivity contribution in [2.75, 3.05) is 32.1 Å². The molecule has 3 heterocycles. The van der Waals surface area contributed by atoms with Crippen LogP contribution in [-0.2, 0) is 4.74 Å². The lowest BCUT2D eigenvalue weighted by Crippen LogP contribution is -2.27. The number of carbonyl (C=O) groups is 1. The molecular weight excluding hydrogens is 358 g/mol. The summed E-state index contributed by atoms with van der Waals surface area (Å²) in [6.45, 7) is 7.00. The molecule has 2 N–H and O–H groups in total. The minimum Gasteiger partial charge on any atom is -0.385 e. The predicted molar refractivity (Wildman–Crippen MR) is 109 cm³/mol. The summed E-state index contributed by atoms with van der Waals surface area (Å²) < 4.78 is 6.46. The van der Waals surface area contributed by atoms with Crippen LogP contribution in [0.15, 0.2) is 41.8 Å². The van der Waals surface area contributed by atoms with Gasteiger partial charge in [-0.25, -0.2) is 9.97 Å². The van der Waals surface area contributed by atoms with E-state index in [1.807, 2.05) is 13.0 Å². The molecule has 0 radical (unpaired) electrons. The second-order valence-corrected chi connectivity index (χ2v) is 6.38. The number of rotatable bonds is 8. The van der Waals surface area contributed by atoms with E-state index < -0.39 is 0 Å². The van der Waals surface area contributed by atoms with Crippen LogP contribution in [0.2, 0.25) is 0 Å². The Morgan fingerprint density at radius 2 is 2.18 bits per heavy atom. The molecule has 3 aromatic rings. The van der Waals surface area contributed by atoms with Gasteiger partial charge in [-0.3, -0.25) is 14.0 Å². The van der Waals surface area contributed by atoms with Crippen molar-refractivity contribution >= 4 is 28.4 Å². The Morgan fingerprint density at radius 3 is 2.93 bits per heavy atom. The van der Waals surface area contributed by atoms with E-state index in [4.69, 9.17) is 4.74 Å². The number of ether oxygens (including phenoxy) is 1. The van der Waals surface area contributed by atoms with Crippen LogP contribution in [-0.4, -0.2) is 47.1 Å². The minimum atomic E-state index is -0.314. The minimum absolute atomic E-state index is 0.264. The van der Waals surface area contributed by atoms with Crippen LogP contribution in [0, 0.1) is 6.92 Å². The van der Waals surface area contributed by atoms with Gasteiger partial charge in [-0.1, -0.05) is 12.1 Å². The molecule has 28 heavy (non-hydrogen) atoms. The van der Waals surface area contributed by atoms with Gasteiger partial charge in [-0.2, -0.15) is 0 Å². The molecule has 0 aliphatic rings. The maximum absolute atomic E-state index is 12.9. The number of anilines is 1. The molecule has 0 aromatic carbocycles. The van der Waals surface area contributed by atoms with Gasteiger partial charge in [0, 0.05) is 33.0 Å². The van der Waals surface area contributed by atoms with E-state index in [9.17, 15) is 9.59 Å². The Hall–Kier alpha value is -3.26. The molecule has 0 spiro atoms. The van der Waals surface area contributed by atoms with Gasteiger partial charge in [0.15, 0.2) is 5.65 Å². The van der Waals surface area contributed by atoms with E-state index >= 15 is 0 Å². The third kappa shape index (κ3) is 4.01. The zero-order chi connectivity index (χ0) is 20.1. The maximum Gasteiger partial charge on any atom is 0.267 e. The quantitative estimate of drug-likeness (QED) is 0.351. The summed E-state index contributed by atoms with van der Waals surface area (Å²) >= 11 is 0. The smallest absolute Gasteiger partial charge is 0.267 e. The molecule has 0 aliphatic heterocycles. The van der Waals surface area contributed by atoms with E-state index in [1.165, 1.54) is 4.40 Å². The van der Waals surface area contributed by atoms with Crippen molar-refractivity contribution in [3.8, 4) is 0 Å². The fourth-order valence-corrected chi connectivity index (χ4v) is 2.83. The van der Waals surface area contributed by atoms with Gasteiger partial charge in [0.1, 0.15) is 11.5 Å². The van der Waals surface area contributed by atoms with E-state index in [2.05, 4.69) is 27.2 Å². The molecule has 8 nitrogen and oxygen atoms in total. The van der Waals surface area contributed by atoms with Crippen molar-refractivity contribution in [1.29, 1.82) is 0 Å². The first-order chi connectivity index (χ1) is 13.5. The van der Waals surface area contributed by atoms with E-state index in [-0.39, 0.29) is 22.5 Å². The number of aromatic nitrogens is 3. The topological polar surface area (TPSA) is 97.6 Å². The lowest BCUT2D eigenvalue weighted by molar-refractivity contribution is 0.0949. The van der Waals surface area contributed by atoms with E-state index in [0.717, 1.165) is 5.56 Å². The van der Waals surface area contributed by atoms with Crippen LogP contribution >= 0.6 is 0 Å². The third-order valence-corrected chi connectivity index (χ3v) is 4.22. The van der Waals surface area contributed by atoms with Crippen molar-refractivity contribution in [2.24, 2.45) is 0 Å². The first-order valence-electron chi connectivity index (χ1n) is 9.01. The van der Waals surface area contributed by atoms with Gasteiger partial charge in [0.05, 0.1) is 10.9 Å². The van der Waals surface area contributed by atoms with Gasteiger partial charge in [0.2, 0.25) is 0 Å². The zero-order valence-corrected chi connectivity index (χ0v) is 16.0. The van der Waals surface area contributed by atoms with Crippen molar-refractivity contribution < 1.29 is 9.53 Å². The van der Waals surface area contributed by atoms with Crippen molar-refractivity contribution in [1.82, 2.24) is 19.7 Å². The first kappa shape index (κ1) is 19.5. The summed E-state index contributed by atoms with van der Waals surface area (Å²) in [5.74, 6) is 0.0470. The highest BCUT2D eigenvalue weighted by Gasteiger charge is 2.17. The SMILES string of the molecule is C=CCNc1nc2nc3ccc(C)cn3c(=O)c2cc1C(=O)NCCCOC. The molecule has 0 fully saturated rings. The van der Waals surface area contributed by atoms with Crippen molar-refractivity contribution in [3.63, 3.8) is 0 Å². The summed E-state index contributed by atoms with van der Waals surface area (Å²) in [6, 6.07) is 5.20. The molecule has 1 amide bonds. The average Bonchev–Trinajstić information content (AvgIpc) is 2.69. The normalized spacial score (nSPS) is 10.9. The Labute approximate surface area is 162 Å². The lowest BCUT2D eigenvalue weighted by Gasteiger charge is -2.12. The molecule has 3 aromatic heterocycles. The summed E-state index contributed by atoms with van der Waals surface area (Å²) in [7, 11) is 1.61. The maximum atomic E-state index is 12.9. The molecule has 8 heteroatoms. The van der Waals surface area contributed by atoms with Crippen molar-refractivity contribution in [2.45, 2.75) is 13.3 Å². The summed E-state index contributed by atoms with van der Waals surface area (Å²) in [4.78, 5) is 34.5. The van der Waals surface area contributed by atoms with Gasteiger partial charge in [-0.15, -0.1) is 6.58 Å². The number of carbonyl (C=O) groups excluding carboxylic acids is 1. The number of nitrogens with zero attached hydrogens (tertiary/aromatic N) is 3. The van der Waals surface area contributed by atoms with Gasteiger partial charge < -0.3 is 15.4 Å². The first-order valence-corrected chi connectivity index (χ1v) is 9.01. The van der Waals surface area contributed by atoms with Crippen LogP contribution < -0.4 is 16.2 Å². The summed E-state index contributed by atoms with van der Waals surface area (Å²) in [5, 5.41) is 6.16. The number of pyridine rings is 2. The highest BCUT2D eigenvalue weighted by molar-refractivity contribution is 6.01. The number of hydrogen-bond donors (Lipinski definition) is 2. The fourth-order valence-electron chi connectivity index (χ4n) is 2.83. The summed E-state index contributed by atoms with van der Waals surface area (Å²) in [5.41, 5.74) is 1.75. The monoisotopic (exact) mass is 381 g/mol. The zero-order valence-electron chi connectivity index (χ0n) is 16.0. The molecule has 0 saturated carbocycles. The molecule has 0 saturated heterocycles. The Balaban J connectivity index is 2.10. The number of methoxy groups -OCH3 is 1. The Kier molecular flexibility index (Phi) is 6.00. The second-order valence-electron chi connectivity index (χ2n) is 6.38. The van der Waals surface area contributed by atoms with Crippen LogP contribution in [0.4, 0.5) is 5.82 Å². The van der Waals surface area contributed by atoms with Gasteiger partial charge in [-0.05, 0) is 31.0 Å². The predicted octanol–water partition coefficient (Wildman–Crippen LogP) is 1.92. The number of nitrogens with one attached hydrogen (secondary N) is 2. The molecule has 146 valence electrons. The van der Waals surface area contributed by atoms with Crippen LogP contribution in [0.25, 0.3) is 16.7 Å². The Morgan fingerprint density at radius 1 is 1.36 bits per heavy atom. The fraction of sp³-hybridized carbons (Fsp3) is 0.300. The van der Waals surface area contributed by atoms with Crippen molar-refractivity contribution in [3.05, 3.63) is 58.5 Å². The molecule has 0 unspecified atom stereocenters. The highest BCUT2D eigenvalue weighted by atomic mass is 16.5. The highest BCUT2D eigenvalue weighted by Crippen LogP contribution is 2.18. The van der Waals surface area contributed by atoms with Crippen LogP contribution in [0.1, 0.15) is 22.3 Å². The molecule has 0 aliphatic carbocycles. The number of hydrogen-bond acceptors (Lipinski definition) is 6. The van der Waals surface area contributed by atoms with Crippen LogP contribution in [0.3, 0.4) is 0 Å². The van der Waals surface area contributed by atoms with Crippen LogP contribution in [0.5, 0.6) is 0 Å². The largest absolute Gasteiger partial charge is 0.385 e. The van der Waals surface area contributed by atoms with E-state index in [1.54, 1.807) is 31.5 Å². The standard InChI is InChI=1S/C20H23N5O3/c1-4-8-21-17-14(19(26)22-9-5-10-28-3)11-15-18(24-17)23-16-7-6-13(2)12-25(16)20(15)27/h4,6-7,11-12H,1,5,8-10H2,2-3H3,(H,21,24)(H,22,26). The number of fused-ring (bicyclic) bond motifs is 2. The lowest BCUT2D eigenvalue weighted by atomic mass is 10.2. The summed E-state index contributed by atoms with van der Waals surface area (Å²) in [6.07, 6.45) is 4.07. The molecule has 0 atom stereocenters. The number of amides is 1.